The number of hydrogen-bond acceptors (Lipinski definition) is 3. The highest BCUT2D eigenvalue weighted by Crippen LogP contribution is 2.19. The summed E-state index contributed by atoms with van der Waals surface area (Å²) < 4.78 is 0. The van der Waals surface area contributed by atoms with Gasteiger partial charge in [-0.15, -0.1) is 11.8 Å². The van der Waals surface area contributed by atoms with Crippen molar-refractivity contribution in [2.24, 2.45) is 5.73 Å². The highest BCUT2D eigenvalue weighted by atomic mass is 35.5. The molecule has 22 heavy (non-hydrogen) atoms. The van der Waals surface area contributed by atoms with Crippen LogP contribution in [0.5, 0.6) is 0 Å². The molecule has 122 valence electrons. The zero-order valence-electron chi connectivity index (χ0n) is 12.4. The Morgan fingerprint density at radius 1 is 1.05 bits per heavy atom. The maximum Gasteiger partial charge on any atom is 0.312 e. The van der Waals surface area contributed by atoms with Gasteiger partial charge in [0.25, 0.3) is 0 Å². The molecule has 0 unspecified atom stereocenters. The lowest BCUT2D eigenvalue weighted by Gasteiger charge is -2.06. The average Bonchev–Trinajstić information content (AvgIpc) is 2.49. The van der Waals surface area contributed by atoms with Gasteiger partial charge in [0.05, 0.1) is 0 Å². The van der Waals surface area contributed by atoms with E-state index in [4.69, 9.17) is 17.3 Å². The molecule has 0 aliphatic heterocycles. The number of rotatable bonds is 10. The van der Waals surface area contributed by atoms with Crippen LogP contribution in [0.3, 0.4) is 0 Å². The molecule has 0 aromatic heterocycles. The fourth-order valence-corrected chi connectivity index (χ4v) is 2.67. The second kappa shape index (κ2) is 11.2. The number of halogens is 1. The van der Waals surface area contributed by atoms with Crippen LogP contribution in [0.2, 0.25) is 5.02 Å². The fraction of sp³-hybridized carbons (Fsp3) is 0.467. The summed E-state index contributed by atoms with van der Waals surface area (Å²) in [5, 5.41) is 6.15. The smallest absolute Gasteiger partial charge is 0.312 e. The first kappa shape index (κ1) is 18.6. The van der Waals surface area contributed by atoms with Gasteiger partial charge < -0.3 is 16.4 Å². The van der Waals surface area contributed by atoms with Gasteiger partial charge in [-0.1, -0.05) is 18.0 Å². The van der Waals surface area contributed by atoms with Crippen LogP contribution in [0, 0.1) is 0 Å². The van der Waals surface area contributed by atoms with Crippen molar-refractivity contribution in [3.63, 3.8) is 0 Å². The Hall–Kier alpha value is -1.40. The van der Waals surface area contributed by atoms with E-state index in [-0.39, 0.29) is 5.91 Å². The van der Waals surface area contributed by atoms with E-state index < -0.39 is 6.03 Å². The molecule has 1 aromatic rings. The van der Waals surface area contributed by atoms with E-state index in [9.17, 15) is 9.59 Å². The van der Waals surface area contributed by atoms with Crippen molar-refractivity contribution in [1.82, 2.24) is 10.6 Å². The molecule has 1 aromatic carbocycles. The molecule has 0 bridgehead atoms. The van der Waals surface area contributed by atoms with Crippen LogP contribution >= 0.6 is 23.4 Å². The molecule has 1 rings (SSSR count). The second-order valence-electron chi connectivity index (χ2n) is 4.75. The second-order valence-corrected chi connectivity index (χ2v) is 6.36. The molecule has 0 spiro atoms. The minimum Gasteiger partial charge on any atom is -0.355 e. The molecule has 0 heterocycles. The number of nitrogens with one attached hydrogen (secondary N) is 2. The van der Waals surface area contributed by atoms with E-state index in [2.05, 4.69) is 10.6 Å². The van der Waals surface area contributed by atoms with Crippen LogP contribution in [-0.2, 0) is 4.79 Å². The van der Waals surface area contributed by atoms with Gasteiger partial charge in [-0.3, -0.25) is 4.79 Å². The number of amides is 3. The maximum absolute atomic E-state index is 11.6. The third-order valence-corrected chi connectivity index (χ3v) is 4.15. The number of urea groups is 1. The molecule has 0 radical (unpaired) electrons. The van der Waals surface area contributed by atoms with Gasteiger partial charge in [0.1, 0.15) is 0 Å². The summed E-state index contributed by atoms with van der Waals surface area (Å²) in [6, 6.07) is 7.14. The molecule has 4 N–H and O–H groups in total. The van der Waals surface area contributed by atoms with Crippen LogP contribution in [0.25, 0.3) is 0 Å². The number of thioether (sulfide) groups is 1. The molecule has 0 aliphatic rings. The molecule has 0 atom stereocenters. The van der Waals surface area contributed by atoms with Crippen molar-refractivity contribution >= 4 is 35.3 Å². The summed E-state index contributed by atoms with van der Waals surface area (Å²) in [6.45, 7) is 1.21. The number of nitrogens with two attached hydrogens (primary N) is 1. The Bertz CT molecular complexity index is 468. The molecule has 0 saturated heterocycles. The van der Waals surface area contributed by atoms with Crippen LogP contribution in [0.1, 0.15) is 25.7 Å². The Morgan fingerprint density at radius 2 is 1.77 bits per heavy atom. The van der Waals surface area contributed by atoms with Gasteiger partial charge in [0.15, 0.2) is 0 Å². The molecular weight excluding hydrogens is 322 g/mol. The molecule has 0 fully saturated rings. The standard InChI is InChI=1S/C15H22ClN3O2S/c16-12-5-7-13(8-6-12)22-11-10-18-14(20)4-2-1-3-9-19-15(17)21/h5-8H,1-4,9-11H2,(H,18,20)(H3,17,19,21). The number of benzene rings is 1. The van der Waals surface area contributed by atoms with E-state index in [0.29, 0.717) is 19.5 Å². The lowest BCUT2D eigenvalue weighted by atomic mass is 10.2. The van der Waals surface area contributed by atoms with Crippen molar-refractivity contribution in [3.8, 4) is 0 Å². The molecule has 7 heteroatoms. The van der Waals surface area contributed by atoms with Gasteiger partial charge >= 0.3 is 6.03 Å². The Kier molecular flexibility index (Phi) is 9.50. The van der Waals surface area contributed by atoms with Crippen molar-refractivity contribution in [3.05, 3.63) is 29.3 Å². The number of hydrogen-bond donors (Lipinski definition) is 3. The summed E-state index contributed by atoms with van der Waals surface area (Å²) in [7, 11) is 0. The quantitative estimate of drug-likeness (QED) is 0.451. The topological polar surface area (TPSA) is 84.2 Å². The van der Waals surface area contributed by atoms with E-state index in [1.54, 1.807) is 11.8 Å². The van der Waals surface area contributed by atoms with Gasteiger partial charge in [-0.2, -0.15) is 0 Å². The molecular formula is C15H22ClN3O2S. The minimum atomic E-state index is -0.504. The predicted molar refractivity (Wildman–Crippen MR) is 91.2 cm³/mol. The summed E-state index contributed by atoms with van der Waals surface area (Å²) in [5.74, 6) is 0.898. The third-order valence-electron chi connectivity index (χ3n) is 2.89. The largest absolute Gasteiger partial charge is 0.355 e. The summed E-state index contributed by atoms with van der Waals surface area (Å²) >= 11 is 7.50. The van der Waals surface area contributed by atoms with Crippen LogP contribution in [0.15, 0.2) is 29.2 Å². The monoisotopic (exact) mass is 343 g/mol. The summed E-state index contributed by atoms with van der Waals surface area (Å²) in [4.78, 5) is 23.2. The fourth-order valence-electron chi connectivity index (χ4n) is 1.78. The van der Waals surface area contributed by atoms with Crippen molar-refractivity contribution < 1.29 is 9.59 Å². The van der Waals surface area contributed by atoms with Gasteiger partial charge in [0.2, 0.25) is 5.91 Å². The number of carbonyl (C=O) groups excluding carboxylic acids is 2. The maximum atomic E-state index is 11.6. The lowest BCUT2D eigenvalue weighted by molar-refractivity contribution is -0.121. The van der Waals surface area contributed by atoms with Crippen molar-refractivity contribution in [2.45, 2.75) is 30.6 Å². The molecule has 3 amide bonds. The molecule has 0 saturated carbocycles. The summed E-state index contributed by atoms with van der Waals surface area (Å²) in [6.07, 6.45) is 3.06. The molecule has 0 aliphatic carbocycles. The third kappa shape index (κ3) is 9.52. The molecule has 5 nitrogen and oxygen atoms in total. The Balaban J connectivity index is 1.97. The van der Waals surface area contributed by atoms with E-state index in [0.717, 1.165) is 34.9 Å². The van der Waals surface area contributed by atoms with Crippen molar-refractivity contribution in [2.75, 3.05) is 18.8 Å². The first-order valence-corrected chi connectivity index (χ1v) is 8.62. The first-order chi connectivity index (χ1) is 10.6. The van der Waals surface area contributed by atoms with Crippen LogP contribution in [-0.4, -0.2) is 30.8 Å². The van der Waals surface area contributed by atoms with Crippen LogP contribution in [0.4, 0.5) is 4.79 Å². The number of carbonyl (C=O) groups is 2. The Morgan fingerprint density at radius 3 is 2.45 bits per heavy atom. The predicted octanol–water partition coefficient (Wildman–Crippen LogP) is 2.78. The zero-order valence-corrected chi connectivity index (χ0v) is 14.0. The SMILES string of the molecule is NC(=O)NCCCCCC(=O)NCCSc1ccc(Cl)cc1. The highest BCUT2D eigenvalue weighted by molar-refractivity contribution is 7.99. The van der Waals surface area contributed by atoms with E-state index in [1.165, 1.54) is 0 Å². The van der Waals surface area contributed by atoms with Gasteiger partial charge in [0, 0.05) is 35.2 Å². The van der Waals surface area contributed by atoms with Crippen LogP contribution < -0.4 is 16.4 Å². The van der Waals surface area contributed by atoms with Gasteiger partial charge in [-0.05, 0) is 37.1 Å². The normalized spacial score (nSPS) is 10.2. The highest BCUT2D eigenvalue weighted by Gasteiger charge is 2.01. The minimum absolute atomic E-state index is 0.0690. The zero-order chi connectivity index (χ0) is 16.2. The number of unbranched alkanes of at least 4 members (excludes halogenated alkanes) is 2. The van der Waals surface area contributed by atoms with Gasteiger partial charge in [-0.25, -0.2) is 4.79 Å². The Labute approximate surface area is 140 Å². The van der Waals surface area contributed by atoms with Crippen molar-refractivity contribution in [1.29, 1.82) is 0 Å². The van der Waals surface area contributed by atoms with E-state index >= 15 is 0 Å². The average molecular weight is 344 g/mol. The van der Waals surface area contributed by atoms with E-state index in [1.807, 2.05) is 24.3 Å². The lowest BCUT2D eigenvalue weighted by Crippen LogP contribution is -2.30. The summed E-state index contributed by atoms with van der Waals surface area (Å²) in [5.41, 5.74) is 4.95. The first-order valence-electron chi connectivity index (χ1n) is 7.26. The number of primary amides is 1.